The highest BCUT2D eigenvalue weighted by Crippen LogP contribution is 2.32. The van der Waals surface area contributed by atoms with Crippen LogP contribution in [-0.4, -0.2) is 37.4 Å². The van der Waals surface area contributed by atoms with Gasteiger partial charge in [0.25, 0.3) is 0 Å². The molecule has 0 bridgehead atoms. The molecule has 1 atom stereocenters. The van der Waals surface area contributed by atoms with Gasteiger partial charge in [0.2, 0.25) is 0 Å². The minimum atomic E-state index is -1.01. The lowest BCUT2D eigenvalue weighted by molar-refractivity contribution is 0.0688. The van der Waals surface area contributed by atoms with Gasteiger partial charge in [0.15, 0.2) is 11.5 Å². The summed E-state index contributed by atoms with van der Waals surface area (Å²) < 4.78 is 10.9. The largest absolute Gasteiger partial charge is 0.493 e. The SMILES string of the molecule is COc1cccc(C(=O)O)c1OC1CCNC1. The molecule has 1 aromatic carbocycles. The van der Waals surface area contributed by atoms with Crippen molar-refractivity contribution in [1.29, 1.82) is 0 Å². The van der Waals surface area contributed by atoms with E-state index in [1.165, 1.54) is 13.2 Å². The highest BCUT2D eigenvalue weighted by atomic mass is 16.5. The fourth-order valence-electron chi connectivity index (χ4n) is 1.86. The third kappa shape index (κ3) is 2.50. The van der Waals surface area contributed by atoms with Crippen LogP contribution in [0.4, 0.5) is 0 Å². The maximum absolute atomic E-state index is 11.1. The zero-order valence-corrected chi connectivity index (χ0v) is 9.60. The molecule has 1 aromatic rings. The van der Waals surface area contributed by atoms with Gasteiger partial charge >= 0.3 is 5.97 Å². The number of aromatic carboxylic acids is 1. The van der Waals surface area contributed by atoms with E-state index in [0.29, 0.717) is 11.5 Å². The molecule has 0 radical (unpaired) electrons. The average Bonchev–Trinajstić information content (AvgIpc) is 2.82. The fraction of sp³-hybridized carbons (Fsp3) is 0.417. The van der Waals surface area contributed by atoms with Crippen LogP contribution in [0.3, 0.4) is 0 Å². The van der Waals surface area contributed by atoms with Gasteiger partial charge in [-0.2, -0.15) is 0 Å². The zero-order valence-electron chi connectivity index (χ0n) is 9.60. The second kappa shape index (κ2) is 5.05. The Kier molecular flexibility index (Phi) is 3.49. The molecular weight excluding hydrogens is 222 g/mol. The second-order valence-corrected chi connectivity index (χ2v) is 3.87. The summed E-state index contributed by atoms with van der Waals surface area (Å²) in [5.74, 6) is -0.238. The molecule has 1 unspecified atom stereocenters. The van der Waals surface area contributed by atoms with Crippen molar-refractivity contribution in [2.75, 3.05) is 20.2 Å². The molecule has 1 heterocycles. The number of rotatable bonds is 4. The van der Waals surface area contributed by atoms with E-state index in [1.54, 1.807) is 12.1 Å². The van der Waals surface area contributed by atoms with Crippen molar-refractivity contribution >= 4 is 5.97 Å². The Labute approximate surface area is 99.3 Å². The van der Waals surface area contributed by atoms with Gasteiger partial charge in [-0.05, 0) is 25.1 Å². The topological polar surface area (TPSA) is 67.8 Å². The van der Waals surface area contributed by atoms with Gasteiger partial charge in [0, 0.05) is 6.54 Å². The summed E-state index contributed by atoms with van der Waals surface area (Å²) in [4.78, 5) is 11.1. The molecule has 0 spiro atoms. The van der Waals surface area contributed by atoms with Crippen LogP contribution in [0, 0.1) is 0 Å². The first-order chi connectivity index (χ1) is 8.22. The molecule has 1 fully saturated rings. The molecule has 5 heteroatoms. The highest BCUT2D eigenvalue weighted by molar-refractivity contribution is 5.92. The molecule has 1 aliphatic rings. The van der Waals surface area contributed by atoms with E-state index in [9.17, 15) is 4.79 Å². The first kappa shape index (κ1) is 11.7. The van der Waals surface area contributed by atoms with Crippen molar-refractivity contribution < 1.29 is 19.4 Å². The molecule has 0 amide bonds. The number of nitrogens with one attached hydrogen (secondary N) is 1. The van der Waals surface area contributed by atoms with Crippen LogP contribution in [0.15, 0.2) is 18.2 Å². The maximum Gasteiger partial charge on any atom is 0.339 e. The van der Waals surface area contributed by atoms with Gasteiger partial charge in [-0.1, -0.05) is 6.07 Å². The number of carboxylic acid groups (broad SMARTS) is 1. The number of ether oxygens (including phenoxy) is 2. The summed E-state index contributed by atoms with van der Waals surface area (Å²) in [6.45, 7) is 1.62. The number of methoxy groups -OCH3 is 1. The van der Waals surface area contributed by atoms with E-state index >= 15 is 0 Å². The lowest BCUT2D eigenvalue weighted by Crippen LogP contribution is -2.21. The first-order valence-corrected chi connectivity index (χ1v) is 5.50. The van der Waals surface area contributed by atoms with E-state index in [4.69, 9.17) is 14.6 Å². The minimum absolute atomic E-state index is 0.00407. The predicted octanol–water partition coefficient (Wildman–Crippen LogP) is 1.13. The van der Waals surface area contributed by atoms with Crippen LogP contribution < -0.4 is 14.8 Å². The smallest absolute Gasteiger partial charge is 0.339 e. The molecule has 0 saturated carbocycles. The molecule has 2 rings (SSSR count). The normalized spacial score (nSPS) is 19.0. The summed E-state index contributed by atoms with van der Waals surface area (Å²) >= 11 is 0. The lowest BCUT2D eigenvalue weighted by atomic mass is 10.2. The van der Waals surface area contributed by atoms with E-state index in [-0.39, 0.29) is 11.7 Å². The average molecular weight is 237 g/mol. The molecule has 5 nitrogen and oxygen atoms in total. The Bertz CT molecular complexity index is 413. The first-order valence-electron chi connectivity index (χ1n) is 5.50. The molecule has 17 heavy (non-hydrogen) atoms. The van der Waals surface area contributed by atoms with Crippen molar-refractivity contribution in [2.45, 2.75) is 12.5 Å². The summed E-state index contributed by atoms with van der Waals surface area (Å²) in [6, 6.07) is 4.86. The summed E-state index contributed by atoms with van der Waals surface area (Å²) in [5.41, 5.74) is 0.135. The van der Waals surface area contributed by atoms with Crippen molar-refractivity contribution in [3.8, 4) is 11.5 Å². The second-order valence-electron chi connectivity index (χ2n) is 3.87. The van der Waals surface area contributed by atoms with Gasteiger partial charge in [0.05, 0.1) is 7.11 Å². The van der Waals surface area contributed by atoms with Crippen LogP contribution in [0.1, 0.15) is 16.8 Å². The van der Waals surface area contributed by atoms with Gasteiger partial charge in [-0.3, -0.25) is 0 Å². The standard InChI is InChI=1S/C12H15NO4/c1-16-10-4-2-3-9(12(14)15)11(10)17-8-5-6-13-7-8/h2-4,8,13H,5-7H2,1H3,(H,14,15). The molecule has 0 aromatic heterocycles. The Hall–Kier alpha value is -1.75. The van der Waals surface area contributed by atoms with Gasteiger partial charge in [-0.25, -0.2) is 4.79 Å². The summed E-state index contributed by atoms with van der Waals surface area (Å²) in [5, 5.41) is 12.3. The third-order valence-corrected chi connectivity index (χ3v) is 2.73. The number of hydrogen-bond donors (Lipinski definition) is 2. The number of para-hydroxylation sites is 1. The Balaban J connectivity index is 2.30. The van der Waals surface area contributed by atoms with Crippen molar-refractivity contribution in [3.05, 3.63) is 23.8 Å². The van der Waals surface area contributed by atoms with Crippen LogP contribution in [0.2, 0.25) is 0 Å². The monoisotopic (exact) mass is 237 g/mol. The fourth-order valence-corrected chi connectivity index (χ4v) is 1.86. The quantitative estimate of drug-likeness (QED) is 0.821. The highest BCUT2D eigenvalue weighted by Gasteiger charge is 2.22. The van der Waals surface area contributed by atoms with Gasteiger partial charge in [-0.15, -0.1) is 0 Å². The molecule has 0 aliphatic carbocycles. The van der Waals surface area contributed by atoms with Crippen molar-refractivity contribution in [3.63, 3.8) is 0 Å². The van der Waals surface area contributed by atoms with Gasteiger partial charge in [0.1, 0.15) is 11.7 Å². The third-order valence-electron chi connectivity index (χ3n) is 2.73. The van der Waals surface area contributed by atoms with Crippen LogP contribution in [0.5, 0.6) is 11.5 Å². The Morgan fingerprint density at radius 3 is 2.94 bits per heavy atom. The molecule has 1 aliphatic heterocycles. The Morgan fingerprint density at radius 1 is 1.53 bits per heavy atom. The molecule has 1 saturated heterocycles. The van der Waals surface area contributed by atoms with Crippen LogP contribution in [-0.2, 0) is 0 Å². The summed E-state index contributed by atoms with van der Waals surface area (Å²) in [7, 11) is 1.50. The lowest BCUT2D eigenvalue weighted by Gasteiger charge is -2.17. The minimum Gasteiger partial charge on any atom is -0.493 e. The molecular formula is C12H15NO4. The van der Waals surface area contributed by atoms with Gasteiger partial charge < -0.3 is 19.9 Å². The van der Waals surface area contributed by atoms with Crippen LogP contribution >= 0.6 is 0 Å². The zero-order chi connectivity index (χ0) is 12.3. The predicted molar refractivity (Wildman–Crippen MR) is 61.9 cm³/mol. The number of carbonyl (C=O) groups is 1. The van der Waals surface area contributed by atoms with E-state index in [0.717, 1.165) is 19.5 Å². The van der Waals surface area contributed by atoms with E-state index < -0.39 is 5.97 Å². The number of benzene rings is 1. The van der Waals surface area contributed by atoms with E-state index in [2.05, 4.69) is 5.32 Å². The van der Waals surface area contributed by atoms with Crippen LogP contribution in [0.25, 0.3) is 0 Å². The number of carboxylic acids is 1. The van der Waals surface area contributed by atoms with E-state index in [1.807, 2.05) is 0 Å². The van der Waals surface area contributed by atoms with Crippen molar-refractivity contribution in [2.24, 2.45) is 0 Å². The number of hydrogen-bond acceptors (Lipinski definition) is 4. The summed E-state index contributed by atoms with van der Waals surface area (Å²) in [6.07, 6.45) is 0.876. The maximum atomic E-state index is 11.1. The molecule has 92 valence electrons. The van der Waals surface area contributed by atoms with Crippen molar-refractivity contribution in [1.82, 2.24) is 5.32 Å². The molecule has 2 N–H and O–H groups in total. The Morgan fingerprint density at radius 2 is 2.35 bits per heavy atom.